The van der Waals surface area contributed by atoms with Gasteiger partial charge in [0.1, 0.15) is 12.1 Å². The normalized spacial score (nSPS) is 11.6. The topological polar surface area (TPSA) is 67.3 Å². The molecular weight excluding hydrogens is 359 g/mol. The van der Waals surface area contributed by atoms with Gasteiger partial charge in [0.05, 0.1) is 23.2 Å². The van der Waals surface area contributed by atoms with Crippen LogP contribution >= 0.6 is 11.6 Å². The van der Waals surface area contributed by atoms with E-state index in [2.05, 4.69) is 15.3 Å². The fourth-order valence-corrected chi connectivity index (χ4v) is 2.52. The Morgan fingerprint density at radius 2 is 1.92 bits per heavy atom. The number of halogens is 4. The van der Waals surface area contributed by atoms with Gasteiger partial charge in [-0.3, -0.25) is 0 Å². The van der Waals surface area contributed by atoms with Crippen molar-refractivity contribution in [2.45, 2.75) is 6.18 Å². The maximum absolute atomic E-state index is 13.0. The first-order chi connectivity index (χ1) is 11.8. The molecular formula is C16H11ClF3N3O2. The standard InChI is InChI=1S/C16H11ClF3N3O2/c1-25-14-6-12-9(5-13(14)24)15(22-7-21-12)23-8-2-3-11(17)10(4-8)16(18,19)20/h2-7,24H,1H3,(H,21,22,23). The molecule has 2 N–H and O–H groups in total. The molecule has 25 heavy (non-hydrogen) atoms. The monoisotopic (exact) mass is 369 g/mol. The average Bonchev–Trinajstić information content (AvgIpc) is 2.55. The molecule has 0 bridgehead atoms. The van der Waals surface area contributed by atoms with E-state index in [-0.39, 0.29) is 23.0 Å². The van der Waals surface area contributed by atoms with Crippen LogP contribution < -0.4 is 10.1 Å². The van der Waals surface area contributed by atoms with Crippen molar-refractivity contribution in [1.29, 1.82) is 0 Å². The molecule has 0 aliphatic heterocycles. The van der Waals surface area contributed by atoms with E-state index in [0.717, 1.165) is 12.1 Å². The summed E-state index contributed by atoms with van der Waals surface area (Å²) in [6, 6.07) is 6.31. The molecule has 0 fully saturated rings. The quantitative estimate of drug-likeness (QED) is 0.696. The molecule has 130 valence electrons. The van der Waals surface area contributed by atoms with Gasteiger partial charge in [0, 0.05) is 17.1 Å². The summed E-state index contributed by atoms with van der Waals surface area (Å²) in [4.78, 5) is 8.09. The molecule has 0 unspecified atom stereocenters. The highest BCUT2D eigenvalue weighted by atomic mass is 35.5. The second kappa shape index (κ2) is 6.29. The summed E-state index contributed by atoms with van der Waals surface area (Å²) in [6.45, 7) is 0. The second-order valence-corrected chi connectivity index (χ2v) is 5.49. The van der Waals surface area contributed by atoms with Crippen LogP contribution in [0.25, 0.3) is 10.9 Å². The number of aromatic nitrogens is 2. The van der Waals surface area contributed by atoms with Gasteiger partial charge in [0.15, 0.2) is 11.5 Å². The Hall–Kier alpha value is -2.74. The summed E-state index contributed by atoms with van der Waals surface area (Å²) < 4.78 is 43.9. The zero-order chi connectivity index (χ0) is 18.2. The van der Waals surface area contributed by atoms with Crippen molar-refractivity contribution in [3.63, 3.8) is 0 Å². The number of benzene rings is 2. The number of nitrogens with one attached hydrogen (secondary N) is 1. The Morgan fingerprint density at radius 1 is 1.16 bits per heavy atom. The molecule has 5 nitrogen and oxygen atoms in total. The van der Waals surface area contributed by atoms with E-state index in [1.807, 2.05) is 0 Å². The van der Waals surface area contributed by atoms with Crippen LogP contribution in [0.15, 0.2) is 36.7 Å². The third-order valence-electron chi connectivity index (χ3n) is 3.47. The number of hydrogen-bond donors (Lipinski definition) is 2. The van der Waals surface area contributed by atoms with Gasteiger partial charge in [0.2, 0.25) is 0 Å². The molecule has 0 amide bonds. The summed E-state index contributed by atoms with van der Waals surface area (Å²) in [5.41, 5.74) is -0.355. The summed E-state index contributed by atoms with van der Waals surface area (Å²) in [6.07, 6.45) is -3.32. The third kappa shape index (κ3) is 3.39. The van der Waals surface area contributed by atoms with Crippen molar-refractivity contribution < 1.29 is 23.0 Å². The van der Waals surface area contributed by atoms with Crippen LogP contribution in [0, 0.1) is 0 Å². The molecule has 3 rings (SSSR count). The molecule has 3 aromatic rings. The Bertz CT molecular complexity index is 948. The van der Waals surface area contributed by atoms with Crippen molar-refractivity contribution in [2.24, 2.45) is 0 Å². The predicted octanol–water partition coefficient (Wildman–Crippen LogP) is 4.76. The molecule has 0 spiro atoms. The Balaban J connectivity index is 2.05. The largest absolute Gasteiger partial charge is 0.504 e. The fraction of sp³-hybridized carbons (Fsp3) is 0.125. The Morgan fingerprint density at radius 3 is 2.60 bits per heavy atom. The van der Waals surface area contributed by atoms with Gasteiger partial charge in [-0.15, -0.1) is 0 Å². The lowest BCUT2D eigenvalue weighted by Gasteiger charge is -2.13. The van der Waals surface area contributed by atoms with Gasteiger partial charge in [-0.05, 0) is 24.3 Å². The zero-order valence-electron chi connectivity index (χ0n) is 12.7. The van der Waals surface area contributed by atoms with Crippen LogP contribution in [-0.2, 0) is 6.18 Å². The highest BCUT2D eigenvalue weighted by molar-refractivity contribution is 6.31. The van der Waals surface area contributed by atoms with Gasteiger partial charge in [0.25, 0.3) is 0 Å². The lowest BCUT2D eigenvalue weighted by molar-refractivity contribution is -0.137. The molecule has 1 heterocycles. The van der Waals surface area contributed by atoms with Crippen molar-refractivity contribution in [2.75, 3.05) is 12.4 Å². The number of anilines is 2. The van der Waals surface area contributed by atoms with E-state index in [1.54, 1.807) is 0 Å². The maximum Gasteiger partial charge on any atom is 0.417 e. The van der Waals surface area contributed by atoms with Crippen molar-refractivity contribution in [3.05, 3.63) is 47.2 Å². The second-order valence-electron chi connectivity index (χ2n) is 5.08. The third-order valence-corrected chi connectivity index (χ3v) is 3.80. The first-order valence-electron chi connectivity index (χ1n) is 6.95. The van der Waals surface area contributed by atoms with Gasteiger partial charge in [-0.1, -0.05) is 11.6 Å². The summed E-state index contributed by atoms with van der Waals surface area (Å²) in [5.74, 6) is 0.321. The van der Waals surface area contributed by atoms with Gasteiger partial charge < -0.3 is 15.2 Å². The number of fused-ring (bicyclic) bond motifs is 1. The van der Waals surface area contributed by atoms with E-state index < -0.39 is 16.8 Å². The Kier molecular flexibility index (Phi) is 4.30. The first kappa shape index (κ1) is 17.1. The smallest absolute Gasteiger partial charge is 0.417 e. The van der Waals surface area contributed by atoms with Gasteiger partial charge in [-0.25, -0.2) is 9.97 Å². The van der Waals surface area contributed by atoms with Crippen LogP contribution in [0.1, 0.15) is 5.56 Å². The molecule has 2 aromatic carbocycles. The molecule has 0 aliphatic carbocycles. The molecule has 0 saturated carbocycles. The number of phenols is 1. The lowest BCUT2D eigenvalue weighted by atomic mass is 10.1. The number of nitrogens with zero attached hydrogens (tertiary/aromatic N) is 2. The minimum atomic E-state index is -4.58. The van der Waals surface area contributed by atoms with Crippen LogP contribution in [0.2, 0.25) is 5.02 Å². The van der Waals surface area contributed by atoms with E-state index >= 15 is 0 Å². The van der Waals surface area contributed by atoms with Crippen molar-refractivity contribution in [3.8, 4) is 11.5 Å². The highest BCUT2D eigenvalue weighted by Crippen LogP contribution is 2.38. The molecule has 1 aromatic heterocycles. The van der Waals surface area contributed by atoms with Crippen molar-refractivity contribution >= 4 is 34.0 Å². The molecule has 0 atom stereocenters. The number of rotatable bonds is 3. The number of methoxy groups -OCH3 is 1. The first-order valence-corrected chi connectivity index (χ1v) is 7.33. The molecule has 9 heteroatoms. The van der Waals surface area contributed by atoms with Gasteiger partial charge in [-0.2, -0.15) is 13.2 Å². The van der Waals surface area contributed by atoms with Crippen molar-refractivity contribution in [1.82, 2.24) is 9.97 Å². The number of ether oxygens (including phenoxy) is 1. The van der Waals surface area contributed by atoms with Crippen LogP contribution in [-0.4, -0.2) is 22.2 Å². The Labute approximate surface area is 145 Å². The van der Waals surface area contributed by atoms with E-state index in [4.69, 9.17) is 16.3 Å². The minimum Gasteiger partial charge on any atom is -0.504 e. The highest BCUT2D eigenvalue weighted by Gasteiger charge is 2.33. The molecule has 0 aliphatic rings. The summed E-state index contributed by atoms with van der Waals surface area (Å²) >= 11 is 5.61. The summed E-state index contributed by atoms with van der Waals surface area (Å²) in [5, 5.41) is 12.7. The summed E-state index contributed by atoms with van der Waals surface area (Å²) in [7, 11) is 1.40. The van der Waals surface area contributed by atoms with Crippen LogP contribution in [0.3, 0.4) is 0 Å². The maximum atomic E-state index is 13.0. The number of aromatic hydroxyl groups is 1. The lowest BCUT2D eigenvalue weighted by Crippen LogP contribution is -2.07. The number of phenolic OH excluding ortho intramolecular Hbond substituents is 1. The number of hydrogen-bond acceptors (Lipinski definition) is 5. The van der Waals surface area contributed by atoms with Gasteiger partial charge >= 0.3 is 6.18 Å². The van der Waals surface area contributed by atoms with Crippen LogP contribution in [0.4, 0.5) is 24.7 Å². The fourth-order valence-electron chi connectivity index (χ4n) is 2.29. The van der Waals surface area contributed by atoms with E-state index in [0.29, 0.717) is 10.9 Å². The number of alkyl halides is 3. The minimum absolute atomic E-state index is 0.139. The van der Waals surface area contributed by atoms with E-state index in [1.165, 1.54) is 31.6 Å². The SMILES string of the molecule is COc1cc2ncnc(Nc3ccc(Cl)c(C(F)(F)F)c3)c2cc1O. The van der Waals surface area contributed by atoms with Crippen LogP contribution in [0.5, 0.6) is 11.5 Å². The average molecular weight is 370 g/mol. The predicted molar refractivity (Wildman–Crippen MR) is 87.5 cm³/mol. The molecule has 0 saturated heterocycles. The molecule has 0 radical (unpaired) electrons. The zero-order valence-corrected chi connectivity index (χ0v) is 13.5. The van der Waals surface area contributed by atoms with E-state index in [9.17, 15) is 18.3 Å².